The molecule has 0 unspecified atom stereocenters. The average Bonchev–Trinajstić information content (AvgIpc) is 2.51. The predicted molar refractivity (Wildman–Crippen MR) is 94.1 cm³/mol. The number of benzene rings is 2. The Bertz CT molecular complexity index is 613. The Kier molecular flexibility index (Phi) is 6.16. The minimum atomic E-state index is -0.0405. The lowest BCUT2D eigenvalue weighted by Crippen LogP contribution is -2.41. The van der Waals surface area contributed by atoms with Crippen LogP contribution < -0.4 is 5.32 Å². The Balaban J connectivity index is 1.96. The summed E-state index contributed by atoms with van der Waals surface area (Å²) in [4.78, 5) is 14.4. The Morgan fingerprint density at radius 2 is 1.86 bits per heavy atom. The molecule has 116 valence electrons. The van der Waals surface area contributed by atoms with Gasteiger partial charge in [0.1, 0.15) is 0 Å². The van der Waals surface area contributed by atoms with Gasteiger partial charge in [-0.2, -0.15) is 0 Å². The van der Waals surface area contributed by atoms with Crippen molar-refractivity contribution in [3.05, 3.63) is 70.2 Å². The Hall–Kier alpha value is -1.65. The number of amides is 1. The highest BCUT2D eigenvalue weighted by atomic mass is 79.9. The number of halogens is 1. The molecule has 22 heavy (non-hydrogen) atoms. The van der Waals surface area contributed by atoms with Crippen LogP contribution in [0.25, 0.3) is 0 Å². The molecular formula is C18H21BrN2O. The number of carbonyl (C=O) groups is 1. The summed E-state index contributed by atoms with van der Waals surface area (Å²) < 4.78 is 0.911. The molecule has 0 heterocycles. The lowest BCUT2D eigenvalue weighted by atomic mass is 10.1. The van der Waals surface area contributed by atoms with Crippen LogP contribution in [0.3, 0.4) is 0 Å². The van der Waals surface area contributed by atoms with E-state index >= 15 is 0 Å². The molecular weight excluding hydrogens is 340 g/mol. The molecule has 2 aromatic rings. The fourth-order valence-corrected chi connectivity index (χ4v) is 2.67. The molecule has 4 heteroatoms. The van der Waals surface area contributed by atoms with Gasteiger partial charge >= 0.3 is 0 Å². The van der Waals surface area contributed by atoms with Crippen molar-refractivity contribution in [3.8, 4) is 0 Å². The zero-order chi connectivity index (χ0) is 15.9. The first-order valence-electron chi connectivity index (χ1n) is 7.30. The first kappa shape index (κ1) is 16.7. The van der Waals surface area contributed by atoms with Gasteiger partial charge in [-0.05, 0) is 44.3 Å². The summed E-state index contributed by atoms with van der Waals surface area (Å²) in [7, 11) is 4.08. The van der Waals surface area contributed by atoms with Crippen LogP contribution in [0.4, 0.5) is 0 Å². The first-order chi connectivity index (χ1) is 10.6. The van der Waals surface area contributed by atoms with E-state index in [2.05, 4.69) is 38.3 Å². The van der Waals surface area contributed by atoms with E-state index in [0.717, 1.165) is 10.9 Å². The molecule has 0 aliphatic heterocycles. The standard InChI is InChI=1S/C18H21BrN2O/c1-21(2)17(11-14-7-4-3-5-8-14)13-20-18(22)15-9-6-10-16(19)12-15/h3-10,12,17H,11,13H2,1-2H3,(H,20,22)/t17-/m1/s1. The third kappa shape index (κ3) is 4.97. The average molecular weight is 361 g/mol. The Morgan fingerprint density at radius 3 is 2.50 bits per heavy atom. The van der Waals surface area contributed by atoms with Gasteiger partial charge < -0.3 is 10.2 Å². The van der Waals surface area contributed by atoms with Crippen molar-refractivity contribution in [1.82, 2.24) is 10.2 Å². The largest absolute Gasteiger partial charge is 0.350 e. The van der Waals surface area contributed by atoms with E-state index in [4.69, 9.17) is 0 Å². The fourth-order valence-electron chi connectivity index (χ4n) is 2.27. The summed E-state index contributed by atoms with van der Waals surface area (Å²) >= 11 is 3.39. The van der Waals surface area contributed by atoms with Gasteiger partial charge in [-0.15, -0.1) is 0 Å². The molecule has 2 rings (SSSR count). The van der Waals surface area contributed by atoms with Gasteiger partial charge in [-0.25, -0.2) is 0 Å². The maximum atomic E-state index is 12.2. The molecule has 0 saturated heterocycles. The van der Waals surface area contributed by atoms with E-state index in [1.165, 1.54) is 5.56 Å². The van der Waals surface area contributed by atoms with Crippen molar-refractivity contribution in [2.24, 2.45) is 0 Å². The van der Waals surface area contributed by atoms with Crippen LogP contribution >= 0.6 is 15.9 Å². The Morgan fingerprint density at radius 1 is 1.14 bits per heavy atom. The predicted octanol–water partition coefficient (Wildman–Crippen LogP) is 3.35. The van der Waals surface area contributed by atoms with Crippen molar-refractivity contribution in [1.29, 1.82) is 0 Å². The van der Waals surface area contributed by atoms with Crippen molar-refractivity contribution in [3.63, 3.8) is 0 Å². The van der Waals surface area contributed by atoms with E-state index in [1.54, 1.807) is 0 Å². The summed E-state index contributed by atoms with van der Waals surface area (Å²) in [6.45, 7) is 0.618. The molecule has 0 aromatic heterocycles. The third-order valence-corrected chi connectivity index (χ3v) is 4.12. The van der Waals surface area contributed by atoms with Crippen LogP contribution in [0.5, 0.6) is 0 Å². The zero-order valence-corrected chi connectivity index (χ0v) is 14.5. The van der Waals surface area contributed by atoms with Crippen LogP contribution in [-0.4, -0.2) is 37.5 Å². The van der Waals surface area contributed by atoms with E-state index < -0.39 is 0 Å². The van der Waals surface area contributed by atoms with Crippen LogP contribution in [0.1, 0.15) is 15.9 Å². The highest BCUT2D eigenvalue weighted by Gasteiger charge is 2.14. The second-order valence-corrected chi connectivity index (χ2v) is 6.44. The van der Waals surface area contributed by atoms with Crippen molar-refractivity contribution < 1.29 is 4.79 Å². The molecule has 0 aliphatic carbocycles. The number of rotatable bonds is 6. The second kappa shape index (κ2) is 8.11. The quantitative estimate of drug-likeness (QED) is 0.856. The lowest BCUT2D eigenvalue weighted by Gasteiger charge is -2.24. The Labute approximate surface area is 140 Å². The molecule has 0 aliphatic rings. The van der Waals surface area contributed by atoms with Crippen molar-refractivity contribution in [2.45, 2.75) is 12.5 Å². The summed E-state index contributed by atoms with van der Waals surface area (Å²) in [5.74, 6) is -0.0405. The zero-order valence-electron chi connectivity index (χ0n) is 12.9. The topological polar surface area (TPSA) is 32.3 Å². The van der Waals surface area contributed by atoms with Gasteiger partial charge in [-0.1, -0.05) is 52.3 Å². The maximum absolute atomic E-state index is 12.2. The van der Waals surface area contributed by atoms with E-state index in [-0.39, 0.29) is 11.9 Å². The summed E-state index contributed by atoms with van der Waals surface area (Å²) in [5.41, 5.74) is 1.95. The molecule has 1 atom stereocenters. The van der Waals surface area contributed by atoms with E-state index in [9.17, 15) is 4.79 Å². The summed E-state index contributed by atoms with van der Waals surface area (Å²) in [5, 5.41) is 3.03. The van der Waals surface area contributed by atoms with Gasteiger partial charge in [0.25, 0.3) is 5.91 Å². The molecule has 1 N–H and O–H groups in total. The minimum absolute atomic E-state index is 0.0405. The van der Waals surface area contributed by atoms with E-state index in [1.807, 2.05) is 56.6 Å². The van der Waals surface area contributed by atoms with Gasteiger partial charge in [0.05, 0.1) is 0 Å². The molecule has 0 spiro atoms. The highest BCUT2D eigenvalue weighted by Crippen LogP contribution is 2.12. The van der Waals surface area contributed by atoms with E-state index in [0.29, 0.717) is 12.1 Å². The van der Waals surface area contributed by atoms with Crippen LogP contribution in [0, 0.1) is 0 Å². The molecule has 3 nitrogen and oxygen atoms in total. The molecule has 0 radical (unpaired) electrons. The van der Waals surface area contributed by atoms with Crippen LogP contribution in [0.15, 0.2) is 59.1 Å². The van der Waals surface area contributed by atoms with Gasteiger partial charge in [0.15, 0.2) is 0 Å². The SMILES string of the molecule is CN(C)[C@@H](CNC(=O)c1cccc(Br)c1)Cc1ccccc1. The van der Waals surface area contributed by atoms with Crippen LogP contribution in [0.2, 0.25) is 0 Å². The van der Waals surface area contributed by atoms with Gasteiger partial charge in [0.2, 0.25) is 0 Å². The number of nitrogens with zero attached hydrogens (tertiary/aromatic N) is 1. The van der Waals surface area contributed by atoms with Crippen LogP contribution in [-0.2, 0) is 6.42 Å². The maximum Gasteiger partial charge on any atom is 0.251 e. The first-order valence-corrected chi connectivity index (χ1v) is 8.09. The highest BCUT2D eigenvalue weighted by molar-refractivity contribution is 9.10. The molecule has 0 fully saturated rings. The number of likely N-dealkylation sites (N-methyl/N-ethyl adjacent to an activating group) is 1. The van der Waals surface area contributed by atoms with Crippen molar-refractivity contribution >= 4 is 21.8 Å². The fraction of sp³-hybridized carbons (Fsp3) is 0.278. The van der Waals surface area contributed by atoms with Crippen molar-refractivity contribution in [2.75, 3.05) is 20.6 Å². The second-order valence-electron chi connectivity index (χ2n) is 5.53. The molecule has 1 amide bonds. The normalized spacial score (nSPS) is 12.2. The number of hydrogen-bond donors (Lipinski definition) is 1. The third-order valence-electron chi connectivity index (χ3n) is 3.63. The lowest BCUT2D eigenvalue weighted by molar-refractivity contribution is 0.0941. The van der Waals surface area contributed by atoms with Gasteiger partial charge in [-0.3, -0.25) is 4.79 Å². The summed E-state index contributed by atoms with van der Waals surface area (Å²) in [6, 6.07) is 18.0. The minimum Gasteiger partial charge on any atom is -0.350 e. The summed E-state index contributed by atoms with van der Waals surface area (Å²) in [6.07, 6.45) is 0.909. The number of carbonyl (C=O) groups excluding carboxylic acids is 1. The molecule has 0 saturated carbocycles. The van der Waals surface area contributed by atoms with Gasteiger partial charge in [0, 0.05) is 22.6 Å². The monoisotopic (exact) mass is 360 g/mol. The molecule has 0 bridgehead atoms. The molecule has 2 aromatic carbocycles. The smallest absolute Gasteiger partial charge is 0.251 e. The number of hydrogen-bond acceptors (Lipinski definition) is 2. The number of nitrogens with one attached hydrogen (secondary N) is 1.